The highest BCUT2D eigenvalue weighted by atomic mass is 127. The number of hydrogen-bond acceptors (Lipinski definition) is 3. The number of anilines is 2. The SMILES string of the molecule is CN1CCN(c2ccc(I)cc2N)CC1(C)C. The van der Waals surface area contributed by atoms with Gasteiger partial charge in [-0.15, -0.1) is 0 Å². The predicted molar refractivity (Wildman–Crippen MR) is 82.5 cm³/mol. The summed E-state index contributed by atoms with van der Waals surface area (Å²) in [5.74, 6) is 0. The Morgan fingerprint density at radius 3 is 2.59 bits per heavy atom. The highest BCUT2D eigenvalue weighted by molar-refractivity contribution is 14.1. The van der Waals surface area contributed by atoms with Crippen LogP contribution in [0.4, 0.5) is 11.4 Å². The topological polar surface area (TPSA) is 32.5 Å². The zero-order chi connectivity index (χ0) is 12.6. The lowest BCUT2D eigenvalue weighted by atomic mass is 9.99. The van der Waals surface area contributed by atoms with Crippen molar-refractivity contribution in [1.29, 1.82) is 0 Å². The summed E-state index contributed by atoms with van der Waals surface area (Å²) in [6.07, 6.45) is 0. The number of rotatable bonds is 1. The van der Waals surface area contributed by atoms with E-state index in [2.05, 4.69) is 65.4 Å². The third kappa shape index (κ3) is 2.68. The third-order valence-electron chi connectivity index (χ3n) is 3.65. The Morgan fingerprint density at radius 1 is 1.29 bits per heavy atom. The maximum atomic E-state index is 6.12. The molecule has 1 aromatic rings. The molecule has 1 fully saturated rings. The number of benzene rings is 1. The fourth-order valence-corrected chi connectivity index (χ4v) is 2.77. The van der Waals surface area contributed by atoms with E-state index < -0.39 is 0 Å². The van der Waals surface area contributed by atoms with Crippen LogP contribution in [0.3, 0.4) is 0 Å². The van der Waals surface area contributed by atoms with E-state index in [4.69, 9.17) is 5.73 Å². The van der Waals surface area contributed by atoms with Crippen LogP contribution in [-0.4, -0.2) is 37.1 Å². The van der Waals surface area contributed by atoms with Crippen molar-refractivity contribution < 1.29 is 0 Å². The molecule has 0 aliphatic carbocycles. The number of hydrogen-bond donors (Lipinski definition) is 1. The third-order valence-corrected chi connectivity index (χ3v) is 4.32. The van der Waals surface area contributed by atoms with Crippen LogP contribution in [0.5, 0.6) is 0 Å². The normalized spacial score (nSPS) is 20.6. The molecule has 1 heterocycles. The van der Waals surface area contributed by atoms with E-state index >= 15 is 0 Å². The van der Waals surface area contributed by atoms with E-state index in [1.54, 1.807) is 0 Å². The molecule has 0 saturated carbocycles. The summed E-state index contributed by atoms with van der Waals surface area (Å²) < 4.78 is 1.19. The first kappa shape index (κ1) is 13.0. The summed E-state index contributed by atoms with van der Waals surface area (Å²) >= 11 is 2.30. The summed E-state index contributed by atoms with van der Waals surface area (Å²) in [6.45, 7) is 7.71. The van der Waals surface area contributed by atoms with Crippen molar-refractivity contribution in [1.82, 2.24) is 4.90 Å². The second-order valence-corrected chi connectivity index (χ2v) is 6.60. The first-order valence-electron chi connectivity index (χ1n) is 5.91. The highest BCUT2D eigenvalue weighted by Crippen LogP contribution is 2.29. The van der Waals surface area contributed by atoms with Crippen molar-refractivity contribution in [2.24, 2.45) is 0 Å². The minimum absolute atomic E-state index is 0.202. The van der Waals surface area contributed by atoms with Gasteiger partial charge in [0, 0.05) is 28.7 Å². The van der Waals surface area contributed by atoms with Gasteiger partial charge in [-0.1, -0.05) is 0 Å². The summed E-state index contributed by atoms with van der Waals surface area (Å²) in [6, 6.07) is 6.30. The quantitative estimate of drug-likeness (QED) is 0.627. The van der Waals surface area contributed by atoms with E-state index in [0.717, 1.165) is 25.3 Å². The van der Waals surface area contributed by atoms with Crippen LogP contribution in [0.2, 0.25) is 0 Å². The molecular weight excluding hydrogens is 325 g/mol. The average Bonchev–Trinajstić information content (AvgIpc) is 2.22. The Balaban J connectivity index is 2.24. The van der Waals surface area contributed by atoms with Crippen LogP contribution in [-0.2, 0) is 0 Å². The van der Waals surface area contributed by atoms with Gasteiger partial charge in [0.1, 0.15) is 0 Å². The predicted octanol–water partition coefficient (Wildman–Crippen LogP) is 2.40. The van der Waals surface area contributed by atoms with Crippen LogP contribution >= 0.6 is 22.6 Å². The Morgan fingerprint density at radius 2 is 2.00 bits per heavy atom. The van der Waals surface area contributed by atoms with Crippen molar-refractivity contribution in [2.75, 3.05) is 37.3 Å². The lowest BCUT2D eigenvalue weighted by molar-refractivity contribution is 0.139. The van der Waals surface area contributed by atoms with E-state index in [0.29, 0.717) is 0 Å². The van der Waals surface area contributed by atoms with Gasteiger partial charge in [-0.05, 0) is 61.7 Å². The molecule has 0 atom stereocenters. The zero-order valence-electron chi connectivity index (χ0n) is 10.7. The molecule has 0 amide bonds. The molecule has 2 rings (SSSR count). The maximum Gasteiger partial charge on any atom is 0.0601 e. The summed E-state index contributed by atoms with van der Waals surface area (Å²) in [4.78, 5) is 4.80. The van der Waals surface area contributed by atoms with Crippen LogP contribution in [0, 0.1) is 3.57 Å². The van der Waals surface area contributed by atoms with Gasteiger partial charge in [-0.3, -0.25) is 4.90 Å². The van der Waals surface area contributed by atoms with E-state index in [1.807, 2.05) is 6.07 Å². The van der Waals surface area contributed by atoms with Gasteiger partial charge >= 0.3 is 0 Å². The molecule has 1 aliphatic rings. The molecule has 1 aromatic carbocycles. The molecule has 94 valence electrons. The number of nitrogen functional groups attached to an aromatic ring is 1. The Labute approximate surface area is 117 Å². The van der Waals surface area contributed by atoms with Gasteiger partial charge in [0.2, 0.25) is 0 Å². The van der Waals surface area contributed by atoms with Crippen molar-refractivity contribution in [3.8, 4) is 0 Å². The van der Waals surface area contributed by atoms with E-state index in [9.17, 15) is 0 Å². The second-order valence-electron chi connectivity index (χ2n) is 5.36. The van der Waals surface area contributed by atoms with Crippen molar-refractivity contribution >= 4 is 34.0 Å². The van der Waals surface area contributed by atoms with Crippen LogP contribution in [0.1, 0.15) is 13.8 Å². The number of halogens is 1. The minimum Gasteiger partial charge on any atom is -0.397 e. The lowest BCUT2D eigenvalue weighted by Crippen LogP contribution is -2.57. The molecular formula is C13H20IN3. The largest absolute Gasteiger partial charge is 0.397 e. The van der Waals surface area contributed by atoms with Crippen molar-refractivity contribution in [3.05, 3.63) is 21.8 Å². The first-order chi connectivity index (χ1) is 7.90. The summed E-state index contributed by atoms with van der Waals surface area (Å²) in [5, 5.41) is 0. The van der Waals surface area contributed by atoms with Gasteiger partial charge in [0.15, 0.2) is 0 Å². The van der Waals surface area contributed by atoms with Gasteiger partial charge in [-0.25, -0.2) is 0 Å². The van der Waals surface area contributed by atoms with Crippen LogP contribution in [0.25, 0.3) is 0 Å². The lowest BCUT2D eigenvalue weighted by Gasteiger charge is -2.46. The minimum atomic E-state index is 0.202. The molecule has 0 spiro atoms. The number of likely N-dealkylation sites (N-methyl/N-ethyl adjacent to an activating group) is 1. The molecule has 17 heavy (non-hydrogen) atoms. The van der Waals surface area contributed by atoms with E-state index in [-0.39, 0.29) is 5.54 Å². The van der Waals surface area contributed by atoms with Gasteiger partial charge < -0.3 is 10.6 Å². The van der Waals surface area contributed by atoms with Gasteiger partial charge in [0.05, 0.1) is 11.4 Å². The fourth-order valence-electron chi connectivity index (χ4n) is 2.26. The molecule has 0 bridgehead atoms. The number of nitrogens with two attached hydrogens (primary N) is 1. The Kier molecular flexibility index (Phi) is 3.54. The van der Waals surface area contributed by atoms with Crippen molar-refractivity contribution in [2.45, 2.75) is 19.4 Å². The second kappa shape index (κ2) is 4.65. The fraction of sp³-hybridized carbons (Fsp3) is 0.538. The Bertz CT molecular complexity index is 417. The average molecular weight is 345 g/mol. The molecule has 1 aliphatic heterocycles. The molecule has 0 aromatic heterocycles. The monoisotopic (exact) mass is 345 g/mol. The highest BCUT2D eigenvalue weighted by Gasteiger charge is 2.31. The van der Waals surface area contributed by atoms with E-state index in [1.165, 1.54) is 9.26 Å². The molecule has 0 radical (unpaired) electrons. The maximum absolute atomic E-state index is 6.12. The zero-order valence-corrected chi connectivity index (χ0v) is 12.9. The molecule has 3 nitrogen and oxygen atoms in total. The standard InChI is InChI=1S/C13H20IN3/c1-13(2)9-17(7-6-16(13)3)12-5-4-10(14)8-11(12)15/h4-5,8H,6-7,9,15H2,1-3H3. The van der Waals surface area contributed by atoms with Gasteiger partial charge in [0.25, 0.3) is 0 Å². The number of piperazine rings is 1. The summed E-state index contributed by atoms with van der Waals surface area (Å²) in [5.41, 5.74) is 8.38. The van der Waals surface area contributed by atoms with Crippen LogP contribution in [0.15, 0.2) is 18.2 Å². The summed E-state index contributed by atoms with van der Waals surface area (Å²) in [7, 11) is 2.19. The molecule has 4 heteroatoms. The van der Waals surface area contributed by atoms with Crippen LogP contribution < -0.4 is 10.6 Å². The smallest absolute Gasteiger partial charge is 0.0601 e. The first-order valence-corrected chi connectivity index (χ1v) is 6.99. The van der Waals surface area contributed by atoms with Gasteiger partial charge in [-0.2, -0.15) is 0 Å². The van der Waals surface area contributed by atoms with Crippen molar-refractivity contribution in [3.63, 3.8) is 0 Å². The molecule has 0 unspecified atom stereocenters. The molecule has 1 saturated heterocycles. The number of nitrogens with zero attached hydrogens (tertiary/aromatic N) is 2. The molecule has 2 N–H and O–H groups in total. The Hall–Kier alpha value is -0.490.